The summed E-state index contributed by atoms with van der Waals surface area (Å²) in [6.07, 6.45) is 0. The van der Waals surface area contributed by atoms with Crippen molar-refractivity contribution in [3.05, 3.63) is 103 Å². The first-order chi connectivity index (χ1) is 13.3. The molecule has 3 heteroatoms. The van der Waals surface area contributed by atoms with E-state index in [9.17, 15) is 4.39 Å². The summed E-state index contributed by atoms with van der Waals surface area (Å²) < 4.78 is 16.6. The van der Waals surface area contributed by atoms with Crippen LogP contribution in [0.2, 0.25) is 0 Å². The number of aromatic nitrogens is 1. The predicted molar refractivity (Wildman–Crippen MR) is 110 cm³/mol. The van der Waals surface area contributed by atoms with Crippen LogP contribution in [0.15, 0.2) is 97.1 Å². The summed E-state index contributed by atoms with van der Waals surface area (Å²) in [6, 6.07) is 31.3. The van der Waals surface area contributed by atoms with E-state index in [2.05, 4.69) is 34.1 Å². The molecule has 130 valence electrons. The van der Waals surface area contributed by atoms with Crippen LogP contribution in [0.5, 0.6) is 0 Å². The van der Waals surface area contributed by atoms with Gasteiger partial charge in [-0.1, -0.05) is 54.6 Å². The number of benzene rings is 4. The molecule has 0 saturated carbocycles. The molecule has 0 fully saturated rings. The smallest absolute Gasteiger partial charge is 0.127 e. The molecular formula is C24H17FN2. The van der Waals surface area contributed by atoms with Crippen molar-refractivity contribution in [2.24, 2.45) is 0 Å². The second-order valence-electron chi connectivity index (χ2n) is 6.56. The molecule has 4 aromatic carbocycles. The average molecular weight is 352 g/mol. The number of anilines is 2. The molecule has 1 aromatic heterocycles. The second-order valence-corrected chi connectivity index (χ2v) is 6.56. The second kappa shape index (κ2) is 6.29. The Morgan fingerprint density at radius 3 is 1.85 bits per heavy atom. The van der Waals surface area contributed by atoms with Crippen LogP contribution in [0.4, 0.5) is 15.8 Å². The largest absolute Gasteiger partial charge is 0.355 e. The number of hydrogen-bond acceptors (Lipinski definition) is 1. The molecule has 0 atom stereocenters. The van der Waals surface area contributed by atoms with E-state index in [4.69, 9.17) is 0 Å². The van der Waals surface area contributed by atoms with Gasteiger partial charge in [0.05, 0.1) is 16.7 Å². The number of rotatable bonds is 3. The lowest BCUT2D eigenvalue weighted by atomic mass is 10.2. The highest BCUT2D eigenvalue weighted by Gasteiger charge is 2.12. The molecule has 0 saturated heterocycles. The van der Waals surface area contributed by atoms with Crippen LogP contribution in [-0.2, 0) is 0 Å². The number of fused-ring (bicyclic) bond motifs is 3. The number of nitrogens with zero attached hydrogens (tertiary/aromatic N) is 1. The van der Waals surface area contributed by atoms with Gasteiger partial charge >= 0.3 is 0 Å². The van der Waals surface area contributed by atoms with Gasteiger partial charge in [-0.25, -0.2) is 4.39 Å². The summed E-state index contributed by atoms with van der Waals surface area (Å²) in [6.45, 7) is 0. The van der Waals surface area contributed by atoms with Gasteiger partial charge in [0.25, 0.3) is 0 Å². The molecule has 1 N–H and O–H groups in total. The molecule has 5 rings (SSSR count). The van der Waals surface area contributed by atoms with E-state index in [1.165, 1.54) is 6.07 Å². The first-order valence-corrected chi connectivity index (χ1v) is 8.91. The van der Waals surface area contributed by atoms with Gasteiger partial charge in [0.2, 0.25) is 0 Å². The van der Waals surface area contributed by atoms with E-state index < -0.39 is 0 Å². The van der Waals surface area contributed by atoms with Crippen molar-refractivity contribution in [1.29, 1.82) is 0 Å². The third-order valence-electron chi connectivity index (χ3n) is 4.78. The van der Waals surface area contributed by atoms with E-state index in [-0.39, 0.29) is 5.82 Å². The molecule has 0 amide bonds. The lowest BCUT2D eigenvalue weighted by Gasteiger charge is -2.12. The number of halogens is 1. The van der Waals surface area contributed by atoms with Crippen LogP contribution < -0.4 is 5.32 Å². The maximum absolute atomic E-state index is 14.5. The van der Waals surface area contributed by atoms with Crippen molar-refractivity contribution in [3.63, 3.8) is 0 Å². The van der Waals surface area contributed by atoms with Crippen LogP contribution in [0.3, 0.4) is 0 Å². The summed E-state index contributed by atoms with van der Waals surface area (Å²) in [5.74, 6) is -0.271. The molecule has 0 aliphatic heterocycles. The lowest BCUT2D eigenvalue weighted by Crippen LogP contribution is -1.98. The average Bonchev–Trinajstić information content (AvgIpc) is 3.03. The van der Waals surface area contributed by atoms with E-state index in [1.807, 2.05) is 60.7 Å². The van der Waals surface area contributed by atoms with Crippen molar-refractivity contribution in [2.75, 3.05) is 5.32 Å². The SMILES string of the molecule is Fc1cc(Nc2ccccc2)cc(-n2c3ccccc3c3ccccc32)c1. The maximum Gasteiger partial charge on any atom is 0.127 e. The molecule has 0 aliphatic rings. The van der Waals surface area contributed by atoms with Gasteiger partial charge in [-0.15, -0.1) is 0 Å². The van der Waals surface area contributed by atoms with Gasteiger partial charge in [0, 0.05) is 22.1 Å². The highest BCUT2D eigenvalue weighted by Crippen LogP contribution is 2.33. The van der Waals surface area contributed by atoms with E-state index in [0.717, 1.165) is 38.9 Å². The Morgan fingerprint density at radius 1 is 0.593 bits per heavy atom. The van der Waals surface area contributed by atoms with Crippen molar-refractivity contribution in [2.45, 2.75) is 0 Å². The van der Waals surface area contributed by atoms with Crippen molar-refractivity contribution >= 4 is 33.2 Å². The van der Waals surface area contributed by atoms with E-state index in [0.29, 0.717) is 0 Å². The van der Waals surface area contributed by atoms with Gasteiger partial charge in [0.15, 0.2) is 0 Å². The molecule has 5 aromatic rings. The standard InChI is InChI=1S/C24H17FN2/c25-17-14-19(26-18-8-2-1-3-9-18)16-20(15-17)27-23-12-6-4-10-21(23)22-11-5-7-13-24(22)27/h1-16,26H. The van der Waals surface area contributed by atoms with Gasteiger partial charge in [-0.05, 0) is 42.5 Å². The third-order valence-corrected chi connectivity index (χ3v) is 4.78. The monoisotopic (exact) mass is 352 g/mol. The highest BCUT2D eigenvalue weighted by molar-refractivity contribution is 6.09. The van der Waals surface area contributed by atoms with E-state index >= 15 is 0 Å². The first-order valence-electron chi connectivity index (χ1n) is 8.91. The molecule has 1 heterocycles. The third kappa shape index (κ3) is 2.74. The van der Waals surface area contributed by atoms with Crippen molar-refractivity contribution in [3.8, 4) is 5.69 Å². The molecule has 27 heavy (non-hydrogen) atoms. The minimum absolute atomic E-state index is 0.271. The number of hydrogen-bond donors (Lipinski definition) is 1. The Bertz CT molecular complexity index is 1200. The summed E-state index contributed by atoms with van der Waals surface area (Å²) in [4.78, 5) is 0. The van der Waals surface area contributed by atoms with Crippen LogP contribution in [0.1, 0.15) is 0 Å². The summed E-state index contributed by atoms with van der Waals surface area (Å²) in [5, 5.41) is 5.61. The zero-order valence-corrected chi connectivity index (χ0v) is 14.6. The lowest BCUT2D eigenvalue weighted by molar-refractivity contribution is 0.627. The highest BCUT2D eigenvalue weighted by atomic mass is 19.1. The van der Waals surface area contributed by atoms with Crippen molar-refractivity contribution in [1.82, 2.24) is 4.57 Å². The Kier molecular flexibility index (Phi) is 3.65. The maximum atomic E-state index is 14.5. The van der Waals surface area contributed by atoms with Crippen molar-refractivity contribution < 1.29 is 4.39 Å². The molecule has 0 bridgehead atoms. The molecule has 0 radical (unpaired) electrons. The topological polar surface area (TPSA) is 17.0 Å². The Labute approximate surface area is 156 Å². The van der Waals surface area contributed by atoms with Crippen LogP contribution in [0, 0.1) is 5.82 Å². The summed E-state index contributed by atoms with van der Waals surface area (Å²) in [5.41, 5.74) is 4.57. The van der Waals surface area contributed by atoms with Gasteiger partial charge < -0.3 is 9.88 Å². The number of nitrogens with one attached hydrogen (secondary N) is 1. The van der Waals surface area contributed by atoms with Gasteiger partial charge in [-0.3, -0.25) is 0 Å². The quantitative estimate of drug-likeness (QED) is 0.384. The first kappa shape index (κ1) is 15.6. The minimum Gasteiger partial charge on any atom is -0.355 e. The molecule has 0 unspecified atom stereocenters. The molecule has 0 spiro atoms. The summed E-state index contributed by atoms with van der Waals surface area (Å²) >= 11 is 0. The van der Waals surface area contributed by atoms with Gasteiger partial charge in [-0.2, -0.15) is 0 Å². The van der Waals surface area contributed by atoms with E-state index in [1.54, 1.807) is 6.07 Å². The number of para-hydroxylation sites is 3. The normalized spacial score (nSPS) is 11.1. The predicted octanol–water partition coefficient (Wildman–Crippen LogP) is 6.67. The fourth-order valence-electron chi connectivity index (χ4n) is 3.66. The Balaban J connectivity index is 1.73. The summed E-state index contributed by atoms with van der Waals surface area (Å²) in [7, 11) is 0. The van der Waals surface area contributed by atoms with Crippen LogP contribution in [-0.4, -0.2) is 4.57 Å². The molecule has 0 aliphatic carbocycles. The van der Waals surface area contributed by atoms with Crippen LogP contribution in [0.25, 0.3) is 27.5 Å². The Morgan fingerprint density at radius 2 is 1.19 bits per heavy atom. The molecular weight excluding hydrogens is 335 g/mol. The Hall–Kier alpha value is -3.59. The zero-order valence-electron chi connectivity index (χ0n) is 14.6. The molecule has 2 nitrogen and oxygen atoms in total. The fraction of sp³-hybridized carbons (Fsp3) is 0. The van der Waals surface area contributed by atoms with Crippen LogP contribution >= 0.6 is 0 Å². The van der Waals surface area contributed by atoms with Gasteiger partial charge in [0.1, 0.15) is 5.82 Å². The fourth-order valence-corrected chi connectivity index (χ4v) is 3.66. The zero-order chi connectivity index (χ0) is 18.2. The minimum atomic E-state index is -0.271.